The van der Waals surface area contributed by atoms with Gasteiger partial charge in [0.25, 0.3) is 0 Å². The molecule has 2 fully saturated rings. The van der Waals surface area contributed by atoms with Gasteiger partial charge in [0.15, 0.2) is 0 Å². The minimum absolute atomic E-state index is 0.0980. The van der Waals surface area contributed by atoms with Crippen molar-refractivity contribution >= 4 is 17.7 Å². The van der Waals surface area contributed by atoms with Crippen LogP contribution in [0.1, 0.15) is 24.8 Å². The number of hydrogen-bond acceptors (Lipinski definition) is 5. The number of para-hydroxylation sites is 1. The zero-order valence-corrected chi connectivity index (χ0v) is 12.9. The maximum atomic E-state index is 11.3. The molecule has 1 aromatic carbocycles. The van der Waals surface area contributed by atoms with Crippen LogP contribution in [0.15, 0.2) is 30.3 Å². The van der Waals surface area contributed by atoms with Crippen LogP contribution in [0.2, 0.25) is 0 Å². The molecule has 118 valence electrons. The lowest BCUT2D eigenvalue weighted by atomic mass is 9.96. The van der Waals surface area contributed by atoms with Gasteiger partial charge in [0.1, 0.15) is 0 Å². The van der Waals surface area contributed by atoms with Gasteiger partial charge < -0.3 is 14.8 Å². The van der Waals surface area contributed by atoms with Gasteiger partial charge in [-0.15, -0.1) is 0 Å². The van der Waals surface area contributed by atoms with Crippen LogP contribution in [-0.2, 0) is 9.53 Å². The second-order valence-corrected chi connectivity index (χ2v) is 6.04. The highest BCUT2D eigenvalue weighted by atomic mass is 16.5. The van der Waals surface area contributed by atoms with E-state index in [2.05, 4.69) is 15.7 Å². The standard InChI is InChI=1S/C17H22N2O3/c1-22-16(20)8-7-14-5-2-3-6-15(14)18-12-10-17(13-18)9-4-11-19(17)21/h2-3,5-8,21H,4,9-13H2,1H3/b8-7+. The Labute approximate surface area is 130 Å². The summed E-state index contributed by atoms with van der Waals surface area (Å²) < 4.78 is 4.65. The quantitative estimate of drug-likeness (QED) is 0.686. The largest absolute Gasteiger partial charge is 0.466 e. The van der Waals surface area contributed by atoms with Crippen LogP contribution >= 0.6 is 0 Å². The fourth-order valence-corrected chi connectivity index (χ4v) is 3.54. The molecule has 1 atom stereocenters. The van der Waals surface area contributed by atoms with Crippen molar-refractivity contribution in [2.24, 2.45) is 0 Å². The van der Waals surface area contributed by atoms with Crippen molar-refractivity contribution in [1.29, 1.82) is 0 Å². The molecule has 1 spiro atoms. The fraction of sp³-hybridized carbons (Fsp3) is 0.471. The lowest BCUT2D eigenvalue weighted by Gasteiger charge is -2.30. The average Bonchev–Trinajstić information content (AvgIpc) is 3.13. The Morgan fingerprint density at radius 1 is 1.32 bits per heavy atom. The molecule has 22 heavy (non-hydrogen) atoms. The number of anilines is 1. The Bertz CT molecular complexity index is 587. The monoisotopic (exact) mass is 302 g/mol. The lowest BCUT2D eigenvalue weighted by Crippen LogP contribution is -2.44. The molecule has 1 aromatic rings. The maximum Gasteiger partial charge on any atom is 0.330 e. The van der Waals surface area contributed by atoms with Crippen molar-refractivity contribution in [2.75, 3.05) is 31.6 Å². The van der Waals surface area contributed by atoms with Crippen molar-refractivity contribution in [3.63, 3.8) is 0 Å². The van der Waals surface area contributed by atoms with Gasteiger partial charge in [-0.3, -0.25) is 0 Å². The van der Waals surface area contributed by atoms with Crippen molar-refractivity contribution in [1.82, 2.24) is 5.06 Å². The van der Waals surface area contributed by atoms with Crippen LogP contribution in [0.4, 0.5) is 5.69 Å². The molecule has 5 heteroatoms. The van der Waals surface area contributed by atoms with Crippen molar-refractivity contribution in [3.05, 3.63) is 35.9 Å². The topological polar surface area (TPSA) is 53.0 Å². The van der Waals surface area contributed by atoms with E-state index in [9.17, 15) is 10.0 Å². The number of ether oxygens (including phenoxy) is 1. The molecule has 0 amide bonds. The summed E-state index contributed by atoms with van der Waals surface area (Å²) in [7, 11) is 1.37. The van der Waals surface area contributed by atoms with Gasteiger partial charge in [0.2, 0.25) is 0 Å². The zero-order chi connectivity index (χ0) is 15.6. The van der Waals surface area contributed by atoms with Crippen LogP contribution in [0.5, 0.6) is 0 Å². The number of rotatable bonds is 3. The van der Waals surface area contributed by atoms with Crippen molar-refractivity contribution in [3.8, 4) is 0 Å². The third kappa shape index (κ3) is 2.74. The van der Waals surface area contributed by atoms with Gasteiger partial charge in [-0.25, -0.2) is 4.79 Å². The Morgan fingerprint density at radius 2 is 2.14 bits per heavy atom. The zero-order valence-electron chi connectivity index (χ0n) is 12.9. The maximum absolute atomic E-state index is 11.3. The summed E-state index contributed by atoms with van der Waals surface area (Å²) in [4.78, 5) is 13.6. The smallest absolute Gasteiger partial charge is 0.330 e. The van der Waals surface area contributed by atoms with Gasteiger partial charge in [-0.05, 0) is 37.0 Å². The number of methoxy groups -OCH3 is 1. The predicted octanol–water partition coefficient (Wildman–Crippen LogP) is 2.31. The van der Waals surface area contributed by atoms with Gasteiger partial charge in [-0.1, -0.05) is 18.2 Å². The van der Waals surface area contributed by atoms with Crippen molar-refractivity contribution in [2.45, 2.75) is 24.8 Å². The van der Waals surface area contributed by atoms with E-state index >= 15 is 0 Å². The Kier molecular flexibility index (Phi) is 4.18. The molecular weight excluding hydrogens is 280 g/mol. The molecule has 2 aliphatic rings. The predicted molar refractivity (Wildman–Crippen MR) is 84.8 cm³/mol. The number of carbonyl (C=O) groups excluding carboxylic acids is 1. The number of esters is 1. The first-order valence-corrected chi connectivity index (χ1v) is 7.71. The first kappa shape index (κ1) is 15.1. The minimum atomic E-state index is -0.356. The van der Waals surface area contributed by atoms with E-state index in [1.807, 2.05) is 18.2 Å². The first-order chi connectivity index (χ1) is 10.6. The van der Waals surface area contributed by atoms with Crippen LogP contribution in [0.25, 0.3) is 6.08 Å². The molecule has 0 bridgehead atoms. The number of carbonyl (C=O) groups is 1. The van der Waals surface area contributed by atoms with Gasteiger partial charge in [0, 0.05) is 31.4 Å². The summed E-state index contributed by atoms with van der Waals surface area (Å²) in [6.45, 7) is 2.50. The Hall–Kier alpha value is -1.85. The van der Waals surface area contributed by atoms with Crippen LogP contribution in [0, 0.1) is 0 Å². The van der Waals surface area contributed by atoms with E-state index in [-0.39, 0.29) is 11.5 Å². The molecule has 2 aliphatic heterocycles. The van der Waals surface area contributed by atoms with Crippen molar-refractivity contribution < 1.29 is 14.7 Å². The summed E-state index contributed by atoms with van der Waals surface area (Å²) in [5.41, 5.74) is 1.99. The van der Waals surface area contributed by atoms with E-state index in [1.165, 1.54) is 18.2 Å². The molecule has 0 aromatic heterocycles. The molecule has 5 nitrogen and oxygen atoms in total. The number of hydroxylamine groups is 2. The summed E-state index contributed by atoms with van der Waals surface area (Å²) in [6, 6.07) is 8.01. The number of nitrogens with zero attached hydrogens (tertiary/aromatic N) is 2. The summed E-state index contributed by atoms with van der Waals surface area (Å²) in [6.07, 6.45) is 6.29. The van der Waals surface area contributed by atoms with Gasteiger partial charge in [-0.2, -0.15) is 5.06 Å². The van der Waals surface area contributed by atoms with E-state index in [1.54, 1.807) is 6.08 Å². The van der Waals surface area contributed by atoms with E-state index in [4.69, 9.17) is 0 Å². The van der Waals surface area contributed by atoms with E-state index in [0.717, 1.165) is 50.1 Å². The first-order valence-electron chi connectivity index (χ1n) is 7.71. The SMILES string of the molecule is COC(=O)/C=C/c1ccccc1N1CCC2(CCCN2O)C1. The average molecular weight is 302 g/mol. The molecule has 0 aliphatic carbocycles. The third-order valence-corrected chi connectivity index (χ3v) is 4.77. The highest BCUT2D eigenvalue weighted by molar-refractivity contribution is 5.88. The summed E-state index contributed by atoms with van der Waals surface area (Å²) in [5.74, 6) is -0.356. The minimum Gasteiger partial charge on any atom is -0.466 e. The van der Waals surface area contributed by atoms with Crippen LogP contribution in [0.3, 0.4) is 0 Å². The van der Waals surface area contributed by atoms with Gasteiger partial charge in [0.05, 0.1) is 12.6 Å². The highest BCUT2D eigenvalue weighted by Gasteiger charge is 2.46. The Balaban J connectivity index is 1.81. The highest BCUT2D eigenvalue weighted by Crippen LogP contribution is 2.39. The number of hydrogen-bond donors (Lipinski definition) is 1. The van der Waals surface area contributed by atoms with Crippen LogP contribution in [-0.4, -0.2) is 48.5 Å². The molecule has 2 heterocycles. The third-order valence-electron chi connectivity index (χ3n) is 4.77. The van der Waals surface area contributed by atoms with Gasteiger partial charge >= 0.3 is 5.97 Å². The molecule has 3 rings (SSSR count). The van der Waals surface area contributed by atoms with E-state index in [0.29, 0.717) is 0 Å². The number of benzene rings is 1. The molecule has 2 saturated heterocycles. The molecule has 1 N–H and O–H groups in total. The fourth-order valence-electron chi connectivity index (χ4n) is 3.54. The molecular formula is C17H22N2O3. The summed E-state index contributed by atoms with van der Waals surface area (Å²) in [5, 5.41) is 11.7. The Morgan fingerprint density at radius 3 is 2.86 bits per heavy atom. The molecule has 0 saturated carbocycles. The second kappa shape index (κ2) is 6.10. The van der Waals surface area contributed by atoms with E-state index < -0.39 is 0 Å². The summed E-state index contributed by atoms with van der Waals surface area (Å²) >= 11 is 0. The van der Waals surface area contributed by atoms with Crippen LogP contribution < -0.4 is 4.90 Å². The normalized spacial score (nSPS) is 25.5. The second-order valence-electron chi connectivity index (χ2n) is 6.04. The molecule has 1 unspecified atom stereocenters. The lowest BCUT2D eigenvalue weighted by molar-refractivity contribution is -0.140. The molecule has 0 radical (unpaired) electrons.